The van der Waals surface area contributed by atoms with Gasteiger partial charge in [-0.1, -0.05) is 0 Å². The molecule has 14 heavy (non-hydrogen) atoms. The molecule has 1 aliphatic heterocycles. The molecular formula is C9H14N2O2S. The largest absolute Gasteiger partial charge is 0.456 e. The average molecular weight is 214 g/mol. The molecule has 0 radical (unpaired) electrons. The lowest BCUT2D eigenvalue weighted by molar-refractivity contribution is -0.134. The zero-order valence-electron chi connectivity index (χ0n) is 8.51. The number of hydrogen-bond acceptors (Lipinski definition) is 3. The van der Waals surface area contributed by atoms with Gasteiger partial charge in [-0.05, 0) is 33.0 Å². The van der Waals surface area contributed by atoms with Crippen molar-refractivity contribution < 1.29 is 9.53 Å². The van der Waals surface area contributed by atoms with Crippen LogP contribution in [0.4, 0.5) is 0 Å². The van der Waals surface area contributed by atoms with Crippen molar-refractivity contribution in [3.8, 4) is 0 Å². The lowest BCUT2D eigenvalue weighted by Gasteiger charge is -2.22. The second-order valence-electron chi connectivity index (χ2n) is 4.11. The van der Waals surface area contributed by atoms with Crippen LogP contribution in [-0.2, 0) is 9.53 Å². The van der Waals surface area contributed by atoms with E-state index < -0.39 is 0 Å². The smallest absolute Gasteiger partial charge is 0.333 e. The van der Waals surface area contributed by atoms with Crippen LogP contribution in [0.1, 0.15) is 20.8 Å². The molecule has 0 saturated heterocycles. The summed E-state index contributed by atoms with van der Waals surface area (Å²) in [6.45, 7) is 6.29. The highest BCUT2D eigenvalue weighted by molar-refractivity contribution is 7.80. The number of carbonyl (C=O) groups is 1. The normalized spacial score (nSPS) is 15.9. The maximum absolute atomic E-state index is 10.7. The van der Waals surface area contributed by atoms with E-state index in [-0.39, 0.29) is 18.1 Å². The number of esters is 1. The van der Waals surface area contributed by atoms with Gasteiger partial charge in [-0.25, -0.2) is 4.79 Å². The highest BCUT2D eigenvalue weighted by atomic mass is 32.1. The molecule has 0 bridgehead atoms. The third-order valence-corrected chi connectivity index (χ3v) is 1.63. The van der Waals surface area contributed by atoms with Crippen LogP contribution in [0.15, 0.2) is 11.8 Å². The number of cyclic esters (lactones) is 1. The highest BCUT2D eigenvalue weighted by Gasteiger charge is 2.16. The number of carbonyl (C=O) groups excluding carboxylic acids is 1. The molecule has 0 atom stereocenters. The van der Waals surface area contributed by atoms with Gasteiger partial charge in [-0.15, -0.1) is 0 Å². The predicted molar refractivity (Wildman–Crippen MR) is 57.7 cm³/mol. The van der Waals surface area contributed by atoms with Crippen molar-refractivity contribution in [2.24, 2.45) is 0 Å². The van der Waals surface area contributed by atoms with Crippen LogP contribution in [0.2, 0.25) is 0 Å². The fourth-order valence-electron chi connectivity index (χ4n) is 0.964. The summed E-state index contributed by atoms with van der Waals surface area (Å²) >= 11 is 5.05. The Labute approximate surface area is 88.7 Å². The van der Waals surface area contributed by atoms with E-state index in [0.717, 1.165) is 0 Å². The van der Waals surface area contributed by atoms with Gasteiger partial charge in [0.2, 0.25) is 0 Å². The molecule has 0 aromatic heterocycles. The molecule has 1 aliphatic rings. The average Bonchev–Trinajstić information content (AvgIpc) is 2.30. The highest BCUT2D eigenvalue weighted by Crippen LogP contribution is 2.03. The quantitative estimate of drug-likeness (QED) is 0.497. The summed E-state index contributed by atoms with van der Waals surface area (Å²) in [6.07, 6.45) is 1.40. The van der Waals surface area contributed by atoms with Crippen molar-refractivity contribution in [2.45, 2.75) is 26.3 Å². The fraction of sp³-hybridized carbons (Fsp3) is 0.556. The molecule has 78 valence electrons. The van der Waals surface area contributed by atoms with E-state index in [0.29, 0.717) is 10.8 Å². The van der Waals surface area contributed by atoms with Gasteiger partial charge in [-0.3, -0.25) is 0 Å². The maximum Gasteiger partial charge on any atom is 0.333 e. The van der Waals surface area contributed by atoms with Crippen molar-refractivity contribution in [1.29, 1.82) is 0 Å². The molecule has 0 aromatic rings. The second-order valence-corrected chi connectivity index (χ2v) is 4.51. The summed E-state index contributed by atoms with van der Waals surface area (Å²) in [5.41, 5.74) is 0.602. The molecular weight excluding hydrogens is 200 g/mol. The van der Waals surface area contributed by atoms with Gasteiger partial charge < -0.3 is 15.4 Å². The van der Waals surface area contributed by atoms with Gasteiger partial charge in [0.25, 0.3) is 0 Å². The molecule has 0 spiro atoms. The summed E-state index contributed by atoms with van der Waals surface area (Å²) in [6, 6.07) is 0. The van der Waals surface area contributed by atoms with E-state index in [1.165, 1.54) is 6.08 Å². The monoisotopic (exact) mass is 214 g/mol. The third kappa shape index (κ3) is 3.74. The van der Waals surface area contributed by atoms with Crippen molar-refractivity contribution in [3.63, 3.8) is 0 Å². The number of hydrogen-bond donors (Lipinski definition) is 2. The van der Waals surface area contributed by atoms with Gasteiger partial charge in [0.15, 0.2) is 5.11 Å². The molecule has 0 amide bonds. The number of nitrogens with one attached hydrogen (secondary N) is 2. The van der Waals surface area contributed by atoms with Crippen LogP contribution in [0.25, 0.3) is 0 Å². The Balaban J connectivity index is 2.42. The minimum absolute atomic E-state index is 0.0892. The Bertz CT molecular complexity index is 292. The van der Waals surface area contributed by atoms with Crippen molar-refractivity contribution >= 4 is 23.3 Å². The topological polar surface area (TPSA) is 50.4 Å². The predicted octanol–water partition coefficient (Wildman–Crippen LogP) is 0.690. The Hall–Kier alpha value is -1.10. The van der Waals surface area contributed by atoms with Crippen LogP contribution in [0.5, 0.6) is 0 Å². The minimum atomic E-state index is -0.328. The Morgan fingerprint density at radius 1 is 1.57 bits per heavy atom. The lowest BCUT2D eigenvalue weighted by atomic mass is 10.1. The Morgan fingerprint density at radius 3 is 2.64 bits per heavy atom. The molecule has 1 rings (SSSR count). The van der Waals surface area contributed by atoms with Gasteiger partial charge >= 0.3 is 5.97 Å². The second kappa shape index (κ2) is 3.96. The molecule has 5 heteroatoms. The molecule has 0 unspecified atom stereocenters. The van der Waals surface area contributed by atoms with Gasteiger partial charge in [0, 0.05) is 11.6 Å². The zero-order valence-corrected chi connectivity index (χ0v) is 9.33. The molecule has 1 heterocycles. The minimum Gasteiger partial charge on any atom is -0.456 e. The van der Waals surface area contributed by atoms with Crippen LogP contribution in [0.3, 0.4) is 0 Å². The van der Waals surface area contributed by atoms with Crippen LogP contribution in [0, 0.1) is 0 Å². The maximum atomic E-state index is 10.7. The number of ether oxygens (including phenoxy) is 1. The van der Waals surface area contributed by atoms with Crippen molar-refractivity contribution in [2.75, 3.05) is 6.61 Å². The van der Waals surface area contributed by atoms with Gasteiger partial charge in [0.1, 0.15) is 6.61 Å². The number of thiocarbonyl (C=S) groups is 1. The van der Waals surface area contributed by atoms with Crippen LogP contribution >= 0.6 is 12.2 Å². The SMILES string of the molecule is CC(C)(C)NC(=S)NC1=CC(=O)OC1. The Kier molecular flexibility index (Phi) is 3.10. The summed E-state index contributed by atoms with van der Waals surface area (Å²) in [7, 11) is 0. The van der Waals surface area contributed by atoms with Crippen LogP contribution < -0.4 is 10.6 Å². The molecule has 0 saturated carbocycles. The molecule has 0 aromatic carbocycles. The standard InChI is InChI=1S/C9H14N2O2S/c1-9(2,3)11-8(14)10-6-4-7(12)13-5-6/h4H,5H2,1-3H3,(H2,10,11,14). The van der Waals surface area contributed by atoms with E-state index in [1.54, 1.807) is 0 Å². The summed E-state index contributed by atoms with van der Waals surface area (Å²) < 4.78 is 4.72. The van der Waals surface area contributed by atoms with Crippen molar-refractivity contribution in [3.05, 3.63) is 11.8 Å². The first-order valence-corrected chi connectivity index (χ1v) is 4.74. The Morgan fingerprint density at radius 2 is 2.21 bits per heavy atom. The first-order valence-electron chi connectivity index (χ1n) is 4.33. The molecule has 4 nitrogen and oxygen atoms in total. The number of rotatable bonds is 1. The third-order valence-electron chi connectivity index (χ3n) is 1.42. The van der Waals surface area contributed by atoms with Gasteiger partial charge in [0.05, 0.1) is 5.70 Å². The molecule has 0 fully saturated rings. The van der Waals surface area contributed by atoms with Gasteiger partial charge in [-0.2, -0.15) is 0 Å². The summed E-state index contributed by atoms with van der Waals surface area (Å²) in [4.78, 5) is 10.7. The van der Waals surface area contributed by atoms with E-state index in [4.69, 9.17) is 17.0 Å². The molecule has 2 N–H and O–H groups in total. The van der Waals surface area contributed by atoms with E-state index in [2.05, 4.69) is 10.6 Å². The van der Waals surface area contributed by atoms with E-state index >= 15 is 0 Å². The first-order chi connectivity index (χ1) is 6.37. The van der Waals surface area contributed by atoms with Crippen LogP contribution in [-0.4, -0.2) is 23.2 Å². The zero-order chi connectivity index (χ0) is 10.8. The van der Waals surface area contributed by atoms with E-state index in [1.807, 2.05) is 20.8 Å². The first kappa shape index (κ1) is 11.0. The van der Waals surface area contributed by atoms with E-state index in [9.17, 15) is 4.79 Å². The van der Waals surface area contributed by atoms with Crippen molar-refractivity contribution in [1.82, 2.24) is 10.6 Å². The molecule has 0 aliphatic carbocycles. The summed E-state index contributed by atoms with van der Waals surface area (Å²) in [5, 5.41) is 6.48. The lowest BCUT2D eigenvalue weighted by Crippen LogP contribution is -2.46. The summed E-state index contributed by atoms with van der Waals surface area (Å²) in [5.74, 6) is -0.328. The fourth-order valence-corrected chi connectivity index (χ4v) is 1.40.